The van der Waals surface area contributed by atoms with Crippen molar-refractivity contribution in [1.29, 1.82) is 0 Å². The average molecular weight is 297 g/mol. The van der Waals surface area contributed by atoms with Crippen LogP contribution in [0.5, 0.6) is 0 Å². The normalized spacial score (nSPS) is 10.7. The lowest BCUT2D eigenvalue weighted by molar-refractivity contribution is -0.116. The summed E-state index contributed by atoms with van der Waals surface area (Å²) in [6.45, 7) is 0.255. The predicted molar refractivity (Wildman–Crippen MR) is 86.6 cm³/mol. The van der Waals surface area contributed by atoms with Crippen molar-refractivity contribution in [1.82, 2.24) is 9.55 Å². The van der Waals surface area contributed by atoms with E-state index in [1.165, 1.54) is 4.90 Å². The monoisotopic (exact) mass is 297 g/mol. The van der Waals surface area contributed by atoms with Crippen molar-refractivity contribution in [2.24, 2.45) is 0 Å². The van der Waals surface area contributed by atoms with Crippen molar-refractivity contribution in [3.63, 3.8) is 0 Å². The quantitative estimate of drug-likeness (QED) is 0.751. The lowest BCUT2D eigenvalue weighted by Gasteiger charge is -2.07. The van der Waals surface area contributed by atoms with E-state index in [1.807, 2.05) is 59.4 Å². The fraction of sp³-hybridized carbons (Fsp3) is 0.125. The van der Waals surface area contributed by atoms with Gasteiger partial charge in [0.1, 0.15) is 6.54 Å². The molecule has 1 amide bonds. The highest BCUT2D eigenvalue weighted by Crippen LogP contribution is 2.17. The van der Waals surface area contributed by atoms with E-state index in [2.05, 4.69) is 10.3 Å². The van der Waals surface area contributed by atoms with Gasteiger partial charge in [-0.3, -0.25) is 4.79 Å². The number of carbonyl (C=O) groups excluding carboxylic acids is 1. The number of imidazole rings is 1. The number of nitrogens with zero attached hydrogens (tertiary/aromatic N) is 2. The molecule has 0 spiro atoms. The number of carbonyl (C=O) groups is 1. The Morgan fingerprint density at radius 3 is 2.71 bits per heavy atom. The predicted octanol–water partition coefficient (Wildman–Crippen LogP) is 3.40. The van der Waals surface area contributed by atoms with Crippen LogP contribution in [0.15, 0.2) is 59.8 Å². The molecular formula is C16H15N3OS. The molecule has 1 heterocycles. The maximum absolute atomic E-state index is 12.1. The lowest BCUT2D eigenvalue weighted by atomic mass is 10.3. The van der Waals surface area contributed by atoms with E-state index in [1.54, 1.807) is 18.1 Å². The Hall–Kier alpha value is -2.27. The van der Waals surface area contributed by atoms with Crippen molar-refractivity contribution >= 4 is 34.4 Å². The molecule has 1 N–H and O–H groups in total. The van der Waals surface area contributed by atoms with Gasteiger partial charge in [0, 0.05) is 10.6 Å². The van der Waals surface area contributed by atoms with E-state index in [4.69, 9.17) is 0 Å². The second-order valence-electron chi connectivity index (χ2n) is 4.64. The van der Waals surface area contributed by atoms with Crippen LogP contribution in [0.25, 0.3) is 11.0 Å². The fourth-order valence-electron chi connectivity index (χ4n) is 2.17. The van der Waals surface area contributed by atoms with E-state index >= 15 is 0 Å². The molecule has 0 bridgehead atoms. The molecular weight excluding hydrogens is 282 g/mol. The number of hydrogen-bond donors (Lipinski definition) is 1. The van der Waals surface area contributed by atoms with E-state index < -0.39 is 0 Å². The van der Waals surface area contributed by atoms with Crippen LogP contribution in [0.1, 0.15) is 0 Å². The van der Waals surface area contributed by atoms with Crippen molar-refractivity contribution in [3.8, 4) is 0 Å². The van der Waals surface area contributed by atoms with Crippen molar-refractivity contribution in [2.45, 2.75) is 11.4 Å². The second-order valence-corrected chi connectivity index (χ2v) is 5.52. The average Bonchev–Trinajstić information content (AvgIpc) is 2.91. The highest BCUT2D eigenvalue weighted by Gasteiger charge is 2.07. The van der Waals surface area contributed by atoms with Gasteiger partial charge in [0.15, 0.2) is 0 Å². The van der Waals surface area contributed by atoms with Crippen LogP contribution in [0.3, 0.4) is 0 Å². The first-order chi connectivity index (χ1) is 10.3. The number of para-hydroxylation sites is 2. The number of benzene rings is 2. The van der Waals surface area contributed by atoms with Gasteiger partial charge in [-0.1, -0.05) is 12.1 Å². The zero-order valence-electron chi connectivity index (χ0n) is 11.6. The SMILES string of the molecule is CSc1ccc(NC(=O)Cn2cnc3ccccc32)cc1. The topological polar surface area (TPSA) is 46.9 Å². The Labute approximate surface area is 127 Å². The van der Waals surface area contributed by atoms with Crippen LogP contribution in [0, 0.1) is 0 Å². The molecule has 0 fully saturated rings. The molecule has 0 unspecified atom stereocenters. The van der Waals surface area contributed by atoms with Gasteiger partial charge in [0.25, 0.3) is 0 Å². The minimum absolute atomic E-state index is 0.0601. The fourth-order valence-corrected chi connectivity index (χ4v) is 2.57. The van der Waals surface area contributed by atoms with Gasteiger partial charge in [0.05, 0.1) is 17.4 Å². The van der Waals surface area contributed by atoms with Crippen LogP contribution >= 0.6 is 11.8 Å². The molecule has 0 saturated heterocycles. The molecule has 0 atom stereocenters. The Bertz CT molecular complexity index is 765. The van der Waals surface area contributed by atoms with Crippen LogP contribution < -0.4 is 5.32 Å². The molecule has 5 heteroatoms. The summed E-state index contributed by atoms with van der Waals surface area (Å²) in [5.41, 5.74) is 2.67. The molecule has 0 radical (unpaired) electrons. The van der Waals surface area contributed by atoms with E-state index in [9.17, 15) is 4.79 Å². The highest BCUT2D eigenvalue weighted by molar-refractivity contribution is 7.98. The molecule has 106 valence electrons. The minimum Gasteiger partial charge on any atom is -0.325 e. The molecule has 0 aliphatic rings. The molecule has 4 nitrogen and oxygen atoms in total. The van der Waals surface area contributed by atoms with Crippen LogP contribution in [0.4, 0.5) is 5.69 Å². The summed E-state index contributed by atoms with van der Waals surface area (Å²) < 4.78 is 1.85. The molecule has 3 rings (SSSR count). The minimum atomic E-state index is -0.0601. The van der Waals surface area contributed by atoms with Gasteiger partial charge in [-0.15, -0.1) is 11.8 Å². The van der Waals surface area contributed by atoms with Crippen molar-refractivity contribution in [2.75, 3.05) is 11.6 Å². The number of anilines is 1. The summed E-state index contributed by atoms with van der Waals surface area (Å²) in [6, 6.07) is 15.6. The lowest BCUT2D eigenvalue weighted by Crippen LogP contribution is -2.18. The molecule has 1 aromatic heterocycles. The van der Waals surface area contributed by atoms with Crippen molar-refractivity contribution in [3.05, 3.63) is 54.9 Å². The zero-order valence-corrected chi connectivity index (χ0v) is 12.4. The van der Waals surface area contributed by atoms with Gasteiger partial charge in [-0.25, -0.2) is 4.98 Å². The van der Waals surface area contributed by atoms with Crippen LogP contribution in [-0.2, 0) is 11.3 Å². The third-order valence-corrected chi connectivity index (χ3v) is 3.96. The summed E-state index contributed by atoms with van der Waals surface area (Å²) in [6.07, 6.45) is 3.72. The van der Waals surface area contributed by atoms with Gasteiger partial charge in [-0.05, 0) is 42.7 Å². The second kappa shape index (κ2) is 6.01. The Morgan fingerprint density at radius 1 is 1.19 bits per heavy atom. The Balaban J connectivity index is 1.71. The highest BCUT2D eigenvalue weighted by atomic mass is 32.2. The standard InChI is InChI=1S/C16H15N3OS/c1-21-13-8-6-12(7-9-13)18-16(20)10-19-11-17-14-4-2-3-5-15(14)19/h2-9,11H,10H2,1H3,(H,18,20). The molecule has 0 saturated carbocycles. The van der Waals surface area contributed by atoms with Crippen LogP contribution in [-0.4, -0.2) is 21.7 Å². The number of thioether (sulfide) groups is 1. The smallest absolute Gasteiger partial charge is 0.244 e. The number of nitrogens with one attached hydrogen (secondary N) is 1. The molecule has 2 aromatic carbocycles. The zero-order chi connectivity index (χ0) is 14.7. The Morgan fingerprint density at radius 2 is 1.95 bits per heavy atom. The maximum atomic E-state index is 12.1. The van der Waals surface area contributed by atoms with Gasteiger partial charge < -0.3 is 9.88 Å². The summed E-state index contributed by atoms with van der Waals surface area (Å²) in [5, 5.41) is 2.90. The summed E-state index contributed by atoms with van der Waals surface area (Å²) in [7, 11) is 0. The summed E-state index contributed by atoms with van der Waals surface area (Å²) in [4.78, 5) is 17.6. The maximum Gasteiger partial charge on any atom is 0.244 e. The first kappa shape index (κ1) is 13.7. The number of aromatic nitrogens is 2. The first-order valence-corrected chi connectivity index (χ1v) is 7.82. The van der Waals surface area contributed by atoms with Gasteiger partial charge >= 0.3 is 0 Å². The third kappa shape index (κ3) is 3.08. The van der Waals surface area contributed by atoms with E-state index in [0.29, 0.717) is 0 Å². The van der Waals surface area contributed by atoms with Gasteiger partial charge in [0.2, 0.25) is 5.91 Å². The molecule has 0 aliphatic heterocycles. The Kier molecular flexibility index (Phi) is 3.92. The number of rotatable bonds is 4. The molecule has 3 aromatic rings. The van der Waals surface area contributed by atoms with E-state index in [0.717, 1.165) is 16.7 Å². The number of fused-ring (bicyclic) bond motifs is 1. The molecule has 21 heavy (non-hydrogen) atoms. The summed E-state index contributed by atoms with van der Waals surface area (Å²) >= 11 is 1.68. The van der Waals surface area contributed by atoms with Crippen molar-refractivity contribution < 1.29 is 4.79 Å². The van der Waals surface area contributed by atoms with Crippen LogP contribution in [0.2, 0.25) is 0 Å². The van der Waals surface area contributed by atoms with E-state index in [-0.39, 0.29) is 12.5 Å². The van der Waals surface area contributed by atoms with Gasteiger partial charge in [-0.2, -0.15) is 0 Å². The summed E-state index contributed by atoms with van der Waals surface area (Å²) in [5.74, 6) is -0.0601. The largest absolute Gasteiger partial charge is 0.325 e. The third-order valence-electron chi connectivity index (χ3n) is 3.22. The first-order valence-electron chi connectivity index (χ1n) is 6.60. The number of amides is 1. The number of hydrogen-bond acceptors (Lipinski definition) is 3. The molecule has 0 aliphatic carbocycles.